The van der Waals surface area contributed by atoms with Gasteiger partial charge in [0.05, 0.1) is 16.1 Å². The summed E-state index contributed by atoms with van der Waals surface area (Å²) in [5.74, 6) is 0.872. The number of ether oxygens (including phenoxy) is 1. The van der Waals surface area contributed by atoms with Gasteiger partial charge in [-0.05, 0) is 37.6 Å². The van der Waals surface area contributed by atoms with Crippen LogP contribution in [0.2, 0.25) is 0 Å². The average molecular weight is 355 g/mol. The monoisotopic (exact) mass is 355 g/mol. The third-order valence-electron chi connectivity index (χ3n) is 4.88. The van der Waals surface area contributed by atoms with Crippen molar-refractivity contribution in [3.8, 4) is 11.5 Å². The number of likely N-dealkylation sites (tertiary alicyclic amines) is 1. The molecule has 1 fully saturated rings. The number of piperidine rings is 1. The molecule has 4 rings (SSSR count). The molecule has 0 aliphatic carbocycles. The summed E-state index contributed by atoms with van der Waals surface area (Å²) in [6.45, 7) is 2.44. The van der Waals surface area contributed by atoms with E-state index in [1.807, 2.05) is 48.2 Å². The molecule has 2 aliphatic heterocycles. The summed E-state index contributed by atoms with van der Waals surface area (Å²) < 4.78 is 6.15. The average Bonchev–Trinajstić information content (AvgIpc) is 2.78. The number of thioether (sulfide) groups is 1. The molecule has 4 nitrogen and oxygen atoms in total. The second kappa shape index (κ2) is 7.10. The molecule has 1 unspecified atom stereocenters. The third-order valence-corrected chi connectivity index (χ3v) is 6.16. The minimum absolute atomic E-state index is 0.229. The lowest BCUT2D eigenvalue weighted by molar-refractivity contribution is -0.143. The number of nitrogens with zero attached hydrogens (tertiary/aromatic N) is 1. The molecule has 1 saturated heterocycles. The number of carboxylic acids is 1. The molecule has 2 aromatic carbocycles. The van der Waals surface area contributed by atoms with Crippen molar-refractivity contribution in [2.45, 2.75) is 23.0 Å². The van der Waals surface area contributed by atoms with Gasteiger partial charge in [-0.25, -0.2) is 0 Å². The number of carbonyl (C=O) groups is 1. The summed E-state index contributed by atoms with van der Waals surface area (Å²) in [6.07, 6.45) is 1.73. The zero-order chi connectivity index (χ0) is 17.2. The topological polar surface area (TPSA) is 49.8 Å². The van der Waals surface area contributed by atoms with Crippen LogP contribution in [0.25, 0.3) is 0 Å². The summed E-state index contributed by atoms with van der Waals surface area (Å²) in [5.41, 5.74) is 1.18. The van der Waals surface area contributed by atoms with E-state index >= 15 is 0 Å². The standard InChI is InChI=1S/C20H21NO3S/c22-20(23)14-6-5-11-21(12-14)13-19-15-7-1-2-8-16(15)24-17-9-3-4-10-18(17)25-19/h1-4,7-10,14,19H,5-6,11-13H2,(H,22,23)/t14?,19-/m0/s1. The largest absolute Gasteiger partial charge is 0.481 e. The minimum atomic E-state index is -0.674. The van der Waals surface area contributed by atoms with Crippen molar-refractivity contribution in [2.75, 3.05) is 19.6 Å². The van der Waals surface area contributed by atoms with E-state index in [1.165, 1.54) is 5.56 Å². The van der Waals surface area contributed by atoms with Crippen molar-refractivity contribution < 1.29 is 14.6 Å². The molecule has 2 aromatic rings. The number of para-hydroxylation sites is 2. The summed E-state index contributed by atoms with van der Waals surface area (Å²) in [5, 5.41) is 9.57. The number of fused-ring (bicyclic) bond motifs is 2. The lowest BCUT2D eigenvalue weighted by atomic mass is 9.98. The Labute approximate surface area is 151 Å². The Balaban J connectivity index is 1.61. The number of rotatable bonds is 3. The lowest BCUT2D eigenvalue weighted by Gasteiger charge is -2.33. The number of hydrogen-bond acceptors (Lipinski definition) is 4. The van der Waals surface area contributed by atoms with E-state index in [-0.39, 0.29) is 11.2 Å². The summed E-state index contributed by atoms with van der Waals surface area (Å²) >= 11 is 1.81. The van der Waals surface area contributed by atoms with Crippen LogP contribution in [-0.2, 0) is 4.79 Å². The quantitative estimate of drug-likeness (QED) is 0.883. The zero-order valence-corrected chi connectivity index (χ0v) is 14.7. The Hall–Kier alpha value is -1.98. The number of carboxylic acid groups (broad SMARTS) is 1. The molecule has 5 heteroatoms. The Kier molecular flexibility index (Phi) is 4.68. The molecule has 2 atom stereocenters. The van der Waals surface area contributed by atoms with E-state index in [0.717, 1.165) is 42.3 Å². The van der Waals surface area contributed by atoms with Gasteiger partial charge in [0.2, 0.25) is 0 Å². The van der Waals surface area contributed by atoms with Crippen molar-refractivity contribution in [2.24, 2.45) is 5.92 Å². The molecule has 2 heterocycles. The number of hydrogen-bond donors (Lipinski definition) is 1. The van der Waals surface area contributed by atoms with Crippen LogP contribution in [0.1, 0.15) is 23.7 Å². The van der Waals surface area contributed by atoms with Gasteiger partial charge in [0.15, 0.2) is 0 Å². The van der Waals surface area contributed by atoms with Gasteiger partial charge in [-0.1, -0.05) is 30.3 Å². The molecule has 0 spiro atoms. The van der Waals surface area contributed by atoms with Crippen molar-refractivity contribution in [1.82, 2.24) is 4.90 Å². The molecule has 0 bridgehead atoms. The highest BCUT2D eigenvalue weighted by Crippen LogP contribution is 2.48. The van der Waals surface area contributed by atoms with Crippen LogP contribution in [0.3, 0.4) is 0 Å². The van der Waals surface area contributed by atoms with Crippen molar-refractivity contribution in [3.05, 3.63) is 54.1 Å². The first-order chi connectivity index (χ1) is 12.2. The second-order valence-electron chi connectivity index (χ2n) is 6.63. The van der Waals surface area contributed by atoms with Crippen LogP contribution in [-0.4, -0.2) is 35.6 Å². The predicted molar refractivity (Wildman–Crippen MR) is 98.4 cm³/mol. The minimum Gasteiger partial charge on any atom is -0.481 e. The van der Waals surface area contributed by atoms with Gasteiger partial charge in [0.1, 0.15) is 11.5 Å². The Morgan fingerprint density at radius 3 is 2.76 bits per heavy atom. The van der Waals surface area contributed by atoms with Crippen LogP contribution in [0.5, 0.6) is 11.5 Å². The second-order valence-corrected chi connectivity index (χ2v) is 7.87. The first-order valence-corrected chi connectivity index (χ1v) is 9.56. The van der Waals surface area contributed by atoms with Crippen molar-refractivity contribution in [3.63, 3.8) is 0 Å². The molecular formula is C20H21NO3S. The smallest absolute Gasteiger partial charge is 0.307 e. The van der Waals surface area contributed by atoms with E-state index in [4.69, 9.17) is 4.74 Å². The Morgan fingerprint density at radius 1 is 1.16 bits per heavy atom. The fraction of sp³-hybridized carbons (Fsp3) is 0.350. The molecule has 0 radical (unpaired) electrons. The van der Waals surface area contributed by atoms with E-state index in [2.05, 4.69) is 17.0 Å². The Bertz CT molecular complexity index is 779. The highest BCUT2D eigenvalue weighted by molar-refractivity contribution is 7.99. The van der Waals surface area contributed by atoms with Gasteiger partial charge in [0, 0.05) is 18.7 Å². The summed E-state index contributed by atoms with van der Waals surface area (Å²) in [7, 11) is 0. The van der Waals surface area contributed by atoms with Gasteiger partial charge in [0.25, 0.3) is 0 Å². The molecule has 130 valence electrons. The van der Waals surface area contributed by atoms with Crippen molar-refractivity contribution in [1.29, 1.82) is 0 Å². The molecule has 0 saturated carbocycles. The molecule has 2 aliphatic rings. The number of aliphatic carboxylic acids is 1. The van der Waals surface area contributed by atoms with Gasteiger partial charge in [-0.15, -0.1) is 11.8 Å². The van der Waals surface area contributed by atoms with E-state index < -0.39 is 5.97 Å². The molecule has 1 N–H and O–H groups in total. The van der Waals surface area contributed by atoms with Crippen LogP contribution in [0.15, 0.2) is 53.4 Å². The number of benzene rings is 2. The first-order valence-electron chi connectivity index (χ1n) is 8.68. The fourth-order valence-electron chi connectivity index (χ4n) is 3.60. The summed E-state index contributed by atoms with van der Waals surface area (Å²) in [6, 6.07) is 16.3. The van der Waals surface area contributed by atoms with Crippen LogP contribution in [0, 0.1) is 5.92 Å². The first kappa shape index (κ1) is 16.5. The SMILES string of the molecule is O=C(O)C1CCCN(C[C@@H]2Sc3ccccc3Oc3ccccc32)C1. The highest BCUT2D eigenvalue weighted by atomic mass is 32.2. The fourth-order valence-corrected chi connectivity index (χ4v) is 4.90. The van der Waals surface area contributed by atoms with Crippen LogP contribution >= 0.6 is 11.8 Å². The summed E-state index contributed by atoms with van der Waals surface area (Å²) in [4.78, 5) is 14.8. The zero-order valence-electron chi connectivity index (χ0n) is 13.9. The van der Waals surface area contributed by atoms with E-state index in [0.29, 0.717) is 6.54 Å². The predicted octanol–water partition coefficient (Wildman–Crippen LogP) is 4.42. The van der Waals surface area contributed by atoms with Crippen LogP contribution < -0.4 is 4.74 Å². The highest BCUT2D eigenvalue weighted by Gasteiger charge is 2.30. The lowest BCUT2D eigenvalue weighted by Crippen LogP contribution is -2.40. The van der Waals surface area contributed by atoms with Gasteiger partial charge >= 0.3 is 5.97 Å². The molecule has 0 aromatic heterocycles. The maximum atomic E-state index is 11.4. The van der Waals surface area contributed by atoms with Gasteiger partial charge in [-0.2, -0.15) is 0 Å². The van der Waals surface area contributed by atoms with E-state index in [1.54, 1.807) is 0 Å². The third kappa shape index (κ3) is 3.53. The van der Waals surface area contributed by atoms with Gasteiger partial charge < -0.3 is 14.7 Å². The van der Waals surface area contributed by atoms with Crippen molar-refractivity contribution >= 4 is 17.7 Å². The van der Waals surface area contributed by atoms with E-state index in [9.17, 15) is 9.90 Å². The van der Waals surface area contributed by atoms with Crippen LogP contribution in [0.4, 0.5) is 0 Å². The normalized spacial score (nSPS) is 23.0. The molecule has 25 heavy (non-hydrogen) atoms. The maximum Gasteiger partial charge on any atom is 0.307 e. The Morgan fingerprint density at radius 2 is 1.92 bits per heavy atom. The molecule has 0 amide bonds. The molecular weight excluding hydrogens is 334 g/mol. The maximum absolute atomic E-state index is 11.4. The van der Waals surface area contributed by atoms with Gasteiger partial charge in [-0.3, -0.25) is 4.79 Å².